The molecule has 1 aromatic heterocycles. The third kappa shape index (κ3) is 3.42. The van der Waals surface area contributed by atoms with Gasteiger partial charge in [-0.25, -0.2) is 9.07 Å². The molecule has 1 amide bonds. The van der Waals surface area contributed by atoms with Crippen molar-refractivity contribution < 1.29 is 9.18 Å². The highest BCUT2D eigenvalue weighted by atomic mass is 35.5. The summed E-state index contributed by atoms with van der Waals surface area (Å²) in [5.74, 6) is -0.555. The van der Waals surface area contributed by atoms with E-state index in [9.17, 15) is 14.0 Å². The first kappa shape index (κ1) is 15.7. The number of carbonyl (C=O) groups excluding carboxylic acids is 1. The lowest BCUT2D eigenvalue weighted by atomic mass is 10.2. The molecule has 5 nitrogen and oxygen atoms in total. The van der Waals surface area contributed by atoms with Crippen LogP contribution < -0.4 is 10.9 Å². The molecule has 7 heteroatoms. The van der Waals surface area contributed by atoms with Gasteiger partial charge >= 0.3 is 0 Å². The summed E-state index contributed by atoms with van der Waals surface area (Å²) in [5, 5.41) is 6.97. The molecule has 23 heavy (non-hydrogen) atoms. The van der Waals surface area contributed by atoms with E-state index in [2.05, 4.69) is 10.4 Å². The van der Waals surface area contributed by atoms with E-state index < -0.39 is 17.8 Å². The van der Waals surface area contributed by atoms with Crippen LogP contribution in [0.25, 0.3) is 0 Å². The molecule has 1 aromatic carbocycles. The lowest BCUT2D eigenvalue weighted by Gasteiger charge is -2.15. The van der Waals surface area contributed by atoms with Crippen molar-refractivity contribution in [3.8, 4) is 0 Å². The maximum absolute atomic E-state index is 13.0. The number of rotatable bonds is 4. The third-order valence-corrected chi connectivity index (χ3v) is 4.09. The number of benzene rings is 1. The van der Waals surface area contributed by atoms with Gasteiger partial charge in [0.1, 0.15) is 11.9 Å². The zero-order valence-electron chi connectivity index (χ0n) is 12.4. The fraction of sp³-hybridized carbons (Fsp3) is 0.312. The molecule has 2 aromatic rings. The summed E-state index contributed by atoms with van der Waals surface area (Å²) in [4.78, 5) is 24.3. The summed E-state index contributed by atoms with van der Waals surface area (Å²) in [5.41, 5.74) is 0.766. The van der Waals surface area contributed by atoms with Gasteiger partial charge in [0.2, 0.25) is 5.91 Å². The van der Waals surface area contributed by atoms with Crippen molar-refractivity contribution in [2.75, 3.05) is 5.32 Å². The maximum atomic E-state index is 13.0. The van der Waals surface area contributed by atoms with Crippen LogP contribution in [0, 0.1) is 5.82 Å². The molecule has 0 radical (unpaired) electrons. The molecule has 1 fully saturated rings. The summed E-state index contributed by atoms with van der Waals surface area (Å²) in [7, 11) is 0. The third-order valence-electron chi connectivity index (χ3n) is 3.78. The van der Waals surface area contributed by atoms with Crippen molar-refractivity contribution in [1.29, 1.82) is 0 Å². The van der Waals surface area contributed by atoms with Crippen molar-refractivity contribution in [3.05, 3.63) is 57.2 Å². The minimum atomic E-state index is -0.803. The van der Waals surface area contributed by atoms with E-state index in [0.29, 0.717) is 5.92 Å². The van der Waals surface area contributed by atoms with Gasteiger partial charge in [-0.3, -0.25) is 9.59 Å². The molecular weight excluding hydrogens is 321 g/mol. The number of nitrogens with zero attached hydrogens (tertiary/aromatic N) is 2. The molecule has 1 aliphatic carbocycles. The fourth-order valence-electron chi connectivity index (χ4n) is 2.25. The standard InChI is InChI=1S/C16H15ClFN3O2/c1-9(16(23)19-14-5-4-11(18)8-12(14)17)21-15(22)7-6-13(20-21)10-2-3-10/h4-10H,2-3H2,1H3,(H,19,23). The molecule has 0 aliphatic heterocycles. The van der Waals surface area contributed by atoms with E-state index in [1.54, 1.807) is 13.0 Å². The van der Waals surface area contributed by atoms with Gasteiger partial charge in [0.15, 0.2) is 0 Å². The van der Waals surface area contributed by atoms with Gasteiger partial charge in [-0.1, -0.05) is 11.6 Å². The number of aromatic nitrogens is 2. The molecular formula is C16H15ClFN3O2. The Morgan fingerprint density at radius 3 is 2.78 bits per heavy atom. The monoisotopic (exact) mass is 335 g/mol. The summed E-state index contributed by atoms with van der Waals surface area (Å²) < 4.78 is 14.2. The lowest BCUT2D eigenvalue weighted by Crippen LogP contribution is -2.33. The van der Waals surface area contributed by atoms with Gasteiger partial charge < -0.3 is 5.32 Å². The van der Waals surface area contributed by atoms with Crippen LogP contribution in [-0.2, 0) is 4.79 Å². The molecule has 0 saturated heterocycles. The highest BCUT2D eigenvalue weighted by Crippen LogP contribution is 2.38. The second-order valence-electron chi connectivity index (χ2n) is 5.60. The summed E-state index contributed by atoms with van der Waals surface area (Å²) >= 11 is 5.89. The van der Waals surface area contributed by atoms with Gasteiger partial charge in [-0.2, -0.15) is 5.10 Å². The molecule has 1 N–H and O–H groups in total. The van der Waals surface area contributed by atoms with E-state index >= 15 is 0 Å². The number of hydrogen-bond acceptors (Lipinski definition) is 3. The van der Waals surface area contributed by atoms with Crippen molar-refractivity contribution >= 4 is 23.2 Å². The normalized spacial score (nSPS) is 15.3. The van der Waals surface area contributed by atoms with Gasteiger partial charge in [0, 0.05) is 12.0 Å². The summed E-state index contributed by atoms with van der Waals surface area (Å²) in [6.07, 6.45) is 2.11. The number of hydrogen-bond donors (Lipinski definition) is 1. The van der Waals surface area contributed by atoms with Crippen LogP contribution in [0.15, 0.2) is 35.1 Å². The molecule has 3 rings (SSSR count). The average Bonchev–Trinajstić information content (AvgIpc) is 3.34. The highest BCUT2D eigenvalue weighted by Gasteiger charge is 2.27. The average molecular weight is 336 g/mol. The van der Waals surface area contributed by atoms with Gasteiger partial charge in [0.25, 0.3) is 5.56 Å². The first-order valence-corrected chi connectivity index (χ1v) is 7.69. The predicted octanol–water partition coefficient (Wildman–Crippen LogP) is 3.11. The van der Waals surface area contributed by atoms with Crippen LogP contribution in [0.4, 0.5) is 10.1 Å². The van der Waals surface area contributed by atoms with Crippen molar-refractivity contribution in [3.63, 3.8) is 0 Å². The van der Waals surface area contributed by atoms with Gasteiger partial charge in [-0.15, -0.1) is 0 Å². The smallest absolute Gasteiger partial charge is 0.267 e. The number of anilines is 1. The summed E-state index contributed by atoms with van der Waals surface area (Å²) in [6, 6.07) is 6.01. The Bertz CT molecular complexity index is 817. The van der Waals surface area contributed by atoms with Crippen molar-refractivity contribution in [1.82, 2.24) is 9.78 Å². The minimum absolute atomic E-state index is 0.0950. The first-order chi connectivity index (χ1) is 11.0. The minimum Gasteiger partial charge on any atom is -0.323 e. The van der Waals surface area contributed by atoms with E-state index in [4.69, 9.17) is 11.6 Å². The Morgan fingerprint density at radius 2 is 2.13 bits per heavy atom. The van der Waals surface area contributed by atoms with Crippen molar-refractivity contribution in [2.24, 2.45) is 0 Å². The van der Waals surface area contributed by atoms with E-state index in [-0.39, 0.29) is 16.3 Å². The number of nitrogens with one attached hydrogen (secondary N) is 1. The van der Waals surface area contributed by atoms with Gasteiger partial charge in [-0.05, 0) is 44.0 Å². The Balaban J connectivity index is 1.82. The predicted molar refractivity (Wildman–Crippen MR) is 85.2 cm³/mol. The topological polar surface area (TPSA) is 64.0 Å². The Labute approximate surface area is 137 Å². The molecule has 1 saturated carbocycles. The molecule has 1 aliphatic rings. The van der Waals surface area contributed by atoms with Crippen LogP contribution in [0.3, 0.4) is 0 Å². The Kier molecular flexibility index (Phi) is 4.17. The molecule has 1 unspecified atom stereocenters. The molecule has 1 atom stereocenters. The van der Waals surface area contributed by atoms with Crippen LogP contribution in [-0.4, -0.2) is 15.7 Å². The van der Waals surface area contributed by atoms with Crippen LogP contribution in [0.5, 0.6) is 0 Å². The molecule has 120 valence electrons. The van der Waals surface area contributed by atoms with Crippen LogP contribution in [0.2, 0.25) is 5.02 Å². The second kappa shape index (κ2) is 6.12. The largest absolute Gasteiger partial charge is 0.323 e. The number of carbonyl (C=O) groups is 1. The number of halogens is 2. The van der Waals surface area contributed by atoms with E-state index in [0.717, 1.165) is 24.6 Å². The molecule has 1 heterocycles. The Morgan fingerprint density at radius 1 is 1.39 bits per heavy atom. The van der Waals surface area contributed by atoms with E-state index in [1.807, 2.05) is 0 Å². The highest BCUT2D eigenvalue weighted by molar-refractivity contribution is 6.33. The van der Waals surface area contributed by atoms with Crippen LogP contribution >= 0.6 is 11.6 Å². The zero-order chi connectivity index (χ0) is 16.6. The second-order valence-corrected chi connectivity index (χ2v) is 6.01. The molecule has 0 spiro atoms. The first-order valence-electron chi connectivity index (χ1n) is 7.31. The quantitative estimate of drug-likeness (QED) is 0.933. The number of amides is 1. The SMILES string of the molecule is CC(C(=O)Nc1ccc(F)cc1Cl)n1nc(C2CC2)ccc1=O. The lowest BCUT2D eigenvalue weighted by molar-refractivity contribution is -0.119. The fourth-order valence-corrected chi connectivity index (χ4v) is 2.47. The Hall–Kier alpha value is -2.21. The van der Waals surface area contributed by atoms with Crippen LogP contribution in [0.1, 0.15) is 37.4 Å². The molecule has 0 bridgehead atoms. The van der Waals surface area contributed by atoms with Gasteiger partial charge in [0.05, 0.1) is 16.4 Å². The maximum Gasteiger partial charge on any atom is 0.267 e. The summed E-state index contributed by atoms with van der Waals surface area (Å²) in [6.45, 7) is 1.58. The zero-order valence-corrected chi connectivity index (χ0v) is 13.2. The van der Waals surface area contributed by atoms with E-state index in [1.165, 1.54) is 22.9 Å². The van der Waals surface area contributed by atoms with Crippen molar-refractivity contribution in [2.45, 2.75) is 31.7 Å².